The van der Waals surface area contributed by atoms with E-state index >= 15 is 0 Å². The molecule has 11 heteroatoms. The van der Waals surface area contributed by atoms with E-state index in [1.807, 2.05) is 18.2 Å². The van der Waals surface area contributed by atoms with E-state index in [1.165, 1.54) is 36.0 Å². The van der Waals surface area contributed by atoms with E-state index in [-0.39, 0.29) is 26.3 Å². The number of hydrogen-bond acceptors (Lipinski definition) is 4. The molecule has 0 aliphatic carbocycles. The second kappa shape index (κ2) is 10.3. The molecular formula is C22H17Cl3N2O3S3. The lowest BCUT2D eigenvalue weighted by Gasteiger charge is -2.15. The van der Waals surface area contributed by atoms with Gasteiger partial charge in [0.15, 0.2) is 11.0 Å². The minimum absolute atomic E-state index is 0.0624. The fourth-order valence-corrected chi connectivity index (χ4v) is 6.80. The molecule has 0 aromatic heterocycles. The predicted molar refractivity (Wildman–Crippen MR) is 141 cm³/mol. The van der Waals surface area contributed by atoms with Gasteiger partial charge >= 0.3 is 0 Å². The lowest BCUT2D eigenvalue weighted by atomic mass is 10.1. The zero-order chi connectivity index (χ0) is 23.6. The molecule has 1 heterocycles. The van der Waals surface area contributed by atoms with E-state index in [4.69, 9.17) is 34.8 Å². The Morgan fingerprint density at radius 2 is 1.42 bits per heavy atom. The molecule has 1 aliphatic rings. The molecule has 0 saturated heterocycles. The van der Waals surface area contributed by atoms with Gasteiger partial charge in [-0.2, -0.15) is 0 Å². The number of thioether (sulfide) groups is 1. The van der Waals surface area contributed by atoms with Crippen LogP contribution in [0.4, 0.5) is 11.4 Å². The number of halogens is 3. The van der Waals surface area contributed by atoms with Crippen molar-refractivity contribution in [2.24, 2.45) is 0 Å². The predicted octanol–water partition coefficient (Wildman–Crippen LogP) is 7.17. The van der Waals surface area contributed by atoms with Crippen LogP contribution >= 0.6 is 46.6 Å². The van der Waals surface area contributed by atoms with E-state index in [0.29, 0.717) is 9.26 Å². The average Bonchev–Trinajstić information content (AvgIpc) is 3.33. The minimum atomic E-state index is -3.96. The fraction of sp³-hybridized carbons (Fsp3) is 0.0909. The topological polar surface area (TPSA) is 75.3 Å². The number of sulfonamides is 1. The molecule has 4 rings (SSSR count). The van der Waals surface area contributed by atoms with Gasteiger partial charge in [-0.15, -0.1) is 11.8 Å². The van der Waals surface area contributed by atoms with Gasteiger partial charge in [0.05, 0.1) is 30.6 Å². The lowest BCUT2D eigenvalue weighted by molar-refractivity contribution is 0.601. The van der Waals surface area contributed by atoms with Gasteiger partial charge in [0.2, 0.25) is 0 Å². The number of rotatable bonds is 7. The van der Waals surface area contributed by atoms with Crippen molar-refractivity contribution in [3.63, 3.8) is 0 Å². The highest BCUT2D eigenvalue weighted by atomic mass is 35.5. The Hall–Kier alpha value is -1.68. The number of benzene rings is 3. The second-order valence-corrected chi connectivity index (χ2v) is 12.5. The molecule has 172 valence electrons. The smallest absolute Gasteiger partial charge is 0.261 e. The van der Waals surface area contributed by atoms with Crippen LogP contribution < -0.4 is 9.44 Å². The second-order valence-electron chi connectivity index (χ2n) is 6.98. The molecule has 0 fully saturated rings. The minimum Gasteiger partial charge on any atom is -0.299 e. The number of hydrogen-bond donors (Lipinski definition) is 2. The fourth-order valence-electron chi connectivity index (χ4n) is 3.06. The third kappa shape index (κ3) is 5.88. The van der Waals surface area contributed by atoms with Crippen LogP contribution in [0.3, 0.4) is 0 Å². The first kappa shape index (κ1) is 24.4. The Morgan fingerprint density at radius 3 is 2.00 bits per heavy atom. The first-order valence-corrected chi connectivity index (χ1v) is 14.4. The summed E-state index contributed by atoms with van der Waals surface area (Å²) in [5.74, 6) is 0.857. The van der Waals surface area contributed by atoms with Gasteiger partial charge in [-0.3, -0.25) is 9.44 Å². The SMILES string of the molecule is O=S(Nc1cc(Cl)c(Cl)cc1NS(=O)(=O)c1ccc(-c2ccc(Cl)cc2)cc1)C1=CCCS1. The van der Waals surface area contributed by atoms with Crippen molar-refractivity contribution < 1.29 is 12.6 Å². The van der Waals surface area contributed by atoms with Crippen molar-refractivity contribution in [2.75, 3.05) is 15.2 Å². The van der Waals surface area contributed by atoms with Crippen LogP contribution in [0.5, 0.6) is 0 Å². The average molecular weight is 560 g/mol. The summed E-state index contributed by atoms with van der Waals surface area (Å²) >= 11 is 19.7. The summed E-state index contributed by atoms with van der Waals surface area (Å²) in [6, 6.07) is 16.5. The van der Waals surface area contributed by atoms with Crippen LogP contribution in [0.25, 0.3) is 11.1 Å². The Kier molecular flexibility index (Phi) is 7.63. The van der Waals surface area contributed by atoms with E-state index < -0.39 is 21.0 Å². The van der Waals surface area contributed by atoms with Gasteiger partial charge in [-0.1, -0.05) is 65.1 Å². The molecule has 0 amide bonds. The number of allylic oxidation sites excluding steroid dienone is 1. The largest absolute Gasteiger partial charge is 0.299 e. The standard InChI is InChI=1S/C22H17Cl3N2O3S3/c23-16-7-3-14(4-8-16)15-5-9-17(10-6-15)33(29,30)27-21-13-19(25)18(24)12-20(21)26-32(28)22-2-1-11-31-22/h2-10,12-13,26-27H,1,11H2. The molecule has 1 aliphatic heterocycles. The molecule has 0 saturated carbocycles. The molecule has 2 N–H and O–H groups in total. The maximum atomic E-state index is 13.1. The summed E-state index contributed by atoms with van der Waals surface area (Å²) in [5, 5.41) is 0.995. The van der Waals surface area contributed by atoms with Crippen molar-refractivity contribution in [3.8, 4) is 11.1 Å². The monoisotopic (exact) mass is 558 g/mol. The van der Waals surface area contributed by atoms with Crippen LogP contribution in [0.1, 0.15) is 6.42 Å². The summed E-state index contributed by atoms with van der Waals surface area (Å²) < 4.78 is 44.8. The summed E-state index contributed by atoms with van der Waals surface area (Å²) in [6.07, 6.45) is 2.72. The molecule has 3 aromatic carbocycles. The van der Waals surface area contributed by atoms with Crippen molar-refractivity contribution in [1.29, 1.82) is 0 Å². The molecular weight excluding hydrogens is 543 g/mol. The zero-order valence-electron chi connectivity index (χ0n) is 16.8. The summed E-state index contributed by atoms with van der Waals surface area (Å²) in [6.45, 7) is 0. The van der Waals surface area contributed by atoms with Gasteiger partial charge in [0, 0.05) is 10.8 Å². The number of nitrogens with one attached hydrogen (secondary N) is 2. The van der Waals surface area contributed by atoms with Crippen LogP contribution in [0.2, 0.25) is 15.1 Å². The molecule has 5 nitrogen and oxygen atoms in total. The van der Waals surface area contributed by atoms with E-state index in [9.17, 15) is 12.6 Å². The summed E-state index contributed by atoms with van der Waals surface area (Å²) in [4.78, 5) is 0.0624. The zero-order valence-corrected chi connectivity index (χ0v) is 21.6. The Labute approximate surface area is 214 Å². The van der Waals surface area contributed by atoms with Gasteiger partial charge in [0.25, 0.3) is 10.0 Å². The Bertz CT molecular complexity index is 1340. The first-order chi connectivity index (χ1) is 15.7. The highest BCUT2D eigenvalue weighted by molar-refractivity contribution is 8.17. The number of anilines is 2. The van der Waals surface area contributed by atoms with Crippen LogP contribution in [0.15, 0.2) is 75.9 Å². The van der Waals surface area contributed by atoms with Crippen molar-refractivity contribution in [2.45, 2.75) is 11.3 Å². The maximum absolute atomic E-state index is 13.1. The molecule has 1 atom stereocenters. The van der Waals surface area contributed by atoms with Gasteiger partial charge in [-0.05, 0) is 53.9 Å². The quantitative estimate of drug-likeness (QED) is 0.322. The third-order valence-corrected chi connectivity index (χ3v) is 9.70. The normalized spacial score (nSPS) is 14.6. The molecule has 3 aromatic rings. The van der Waals surface area contributed by atoms with E-state index in [0.717, 1.165) is 23.3 Å². The van der Waals surface area contributed by atoms with Crippen molar-refractivity contribution in [1.82, 2.24) is 0 Å². The van der Waals surface area contributed by atoms with Crippen LogP contribution in [-0.2, 0) is 21.0 Å². The van der Waals surface area contributed by atoms with Gasteiger partial charge in [-0.25, -0.2) is 12.6 Å². The molecule has 0 spiro atoms. The third-order valence-electron chi connectivity index (χ3n) is 4.71. The van der Waals surface area contributed by atoms with E-state index in [1.54, 1.807) is 24.3 Å². The maximum Gasteiger partial charge on any atom is 0.261 e. The van der Waals surface area contributed by atoms with E-state index in [2.05, 4.69) is 9.44 Å². The molecule has 0 bridgehead atoms. The molecule has 0 radical (unpaired) electrons. The molecule has 1 unspecified atom stereocenters. The van der Waals surface area contributed by atoms with Crippen LogP contribution in [-0.4, -0.2) is 18.4 Å². The van der Waals surface area contributed by atoms with Crippen LogP contribution in [0, 0.1) is 0 Å². The summed E-state index contributed by atoms with van der Waals surface area (Å²) in [5.41, 5.74) is 2.16. The highest BCUT2D eigenvalue weighted by Crippen LogP contribution is 2.36. The van der Waals surface area contributed by atoms with Crippen molar-refractivity contribution >= 4 is 78.9 Å². The molecule has 33 heavy (non-hydrogen) atoms. The van der Waals surface area contributed by atoms with Gasteiger partial charge in [0.1, 0.15) is 0 Å². The summed E-state index contributed by atoms with van der Waals surface area (Å²) in [7, 11) is -5.50. The Balaban J connectivity index is 1.60. The highest BCUT2D eigenvalue weighted by Gasteiger charge is 2.20. The van der Waals surface area contributed by atoms with Gasteiger partial charge < -0.3 is 0 Å². The first-order valence-electron chi connectivity index (χ1n) is 9.62. The van der Waals surface area contributed by atoms with Crippen molar-refractivity contribution in [3.05, 3.63) is 86.0 Å². The Morgan fingerprint density at radius 1 is 0.848 bits per heavy atom. The lowest BCUT2D eigenvalue weighted by Crippen LogP contribution is -2.15.